The van der Waals surface area contributed by atoms with Gasteiger partial charge in [0.15, 0.2) is 0 Å². The summed E-state index contributed by atoms with van der Waals surface area (Å²) < 4.78 is 1.33. The van der Waals surface area contributed by atoms with E-state index < -0.39 is 0 Å². The number of imidazole rings is 1. The summed E-state index contributed by atoms with van der Waals surface area (Å²) in [5.74, 6) is 0.387. The average Bonchev–Trinajstić information content (AvgIpc) is 3.26. The Kier molecular flexibility index (Phi) is 5.21. The molecule has 0 fully saturated rings. The number of nitrogens with one attached hydrogen (secondary N) is 2. The lowest BCUT2D eigenvalue weighted by atomic mass is 10.1. The topological polar surface area (TPSA) is 92.7 Å². The lowest BCUT2D eigenvalue weighted by molar-refractivity contribution is -0.122. The Labute approximate surface area is 183 Å². The van der Waals surface area contributed by atoms with Crippen molar-refractivity contribution < 1.29 is 4.79 Å². The minimum atomic E-state index is -0.374. The fourth-order valence-corrected chi connectivity index (χ4v) is 3.82. The van der Waals surface area contributed by atoms with E-state index in [1.54, 1.807) is 18.2 Å². The van der Waals surface area contributed by atoms with Gasteiger partial charge in [-0.15, -0.1) is 0 Å². The first-order chi connectivity index (χ1) is 15.7. The van der Waals surface area contributed by atoms with Crippen molar-refractivity contribution in [2.45, 2.75) is 19.0 Å². The van der Waals surface area contributed by atoms with E-state index in [0.717, 1.165) is 16.6 Å². The number of benzene rings is 3. The predicted octanol–water partition coefficient (Wildman–Crippen LogP) is 3.37. The monoisotopic (exact) mass is 423 g/mol. The molecule has 2 aromatic heterocycles. The molecule has 0 radical (unpaired) electrons. The molecule has 158 valence electrons. The summed E-state index contributed by atoms with van der Waals surface area (Å²) in [6, 6.07) is 24.4. The van der Waals surface area contributed by atoms with Crippen LogP contribution in [-0.2, 0) is 17.8 Å². The van der Waals surface area contributed by atoms with Gasteiger partial charge in [-0.25, -0.2) is 9.97 Å². The molecule has 0 saturated heterocycles. The van der Waals surface area contributed by atoms with Crippen LogP contribution < -0.4 is 10.9 Å². The fourth-order valence-electron chi connectivity index (χ4n) is 3.82. The molecule has 0 aliphatic rings. The van der Waals surface area contributed by atoms with E-state index in [0.29, 0.717) is 23.1 Å². The van der Waals surface area contributed by atoms with E-state index in [-0.39, 0.29) is 24.1 Å². The molecular weight excluding hydrogens is 402 g/mol. The molecule has 7 heteroatoms. The molecule has 3 aromatic carbocycles. The molecule has 0 spiro atoms. The van der Waals surface area contributed by atoms with E-state index in [4.69, 9.17) is 0 Å². The highest BCUT2D eigenvalue weighted by Gasteiger charge is 2.20. The molecule has 32 heavy (non-hydrogen) atoms. The van der Waals surface area contributed by atoms with Gasteiger partial charge in [0.25, 0.3) is 5.56 Å². The molecule has 1 atom stereocenters. The van der Waals surface area contributed by atoms with Gasteiger partial charge in [0, 0.05) is 0 Å². The van der Waals surface area contributed by atoms with Gasteiger partial charge in [-0.05, 0) is 36.2 Å². The van der Waals surface area contributed by atoms with Crippen LogP contribution >= 0.6 is 0 Å². The Hall–Kier alpha value is -4.26. The molecule has 0 aliphatic heterocycles. The zero-order valence-electron chi connectivity index (χ0n) is 17.2. The number of fused-ring (bicyclic) bond motifs is 2. The second-order valence-corrected chi connectivity index (χ2v) is 7.64. The normalized spacial score (nSPS) is 12.1. The summed E-state index contributed by atoms with van der Waals surface area (Å²) in [4.78, 5) is 38.0. The van der Waals surface area contributed by atoms with Crippen molar-refractivity contribution in [1.29, 1.82) is 0 Å². The number of nitrogens with zero attached hydrogens (tertiary/aromatic N) is 3. The Bertz CT molecular complexity index is 1420. The molecule has 1 amide bonds. The molecule has 0 unspecified atom stereocenters. The predicted molar refractivity (Wildman–Crippen MR) is 123 cm³/mol. The number of aromatic nitrogens is 4. The standard InChI is InChI=1S/C25H21N5O2/c31-23(15-30-16-26-19-11-5-4-10-18(19)25(30)32)27-22(14-17-8-2-1-3-9-17)24-28-20-12-6-7-13-21(20)29-24/h1-13,16,22H,14-15H2,(H,27,31)(H,28,29)/t22-/m0/s1. The summed E-state index contributed by atoms with van der Waals surface area (Å²) in [5, 5.41) is 3.53. The van der Waals surface area contributed by atoms with Gasteiger partial charge in [-0.3, -0.25) is 14.2 Å². The molecule has 2 N–H and O–H groups in total. The van der Waals surface area contributed by atoms with Gasteiger partial charge in [-0.2, -0.15) is 0 Å². The number of hydrogen-bond donors (Lipinski definition) is 2. The maximum absolute atomic E-state index is 12.9. The number of carbonyl (C=O) groups is 1. The molecule has 2 heterocycles. The molecule has 5 aromatic rings. The van der Waals surface area contributed by atoms with Gasteiger partial charge >= 0.3 is 0 Å². The summed E-state index contributed by atoms with van der Waals surface area (Å²) in [5.41, 5.74) is 3.18. The molecule has 7 nitrogen and oxygen atoms in total. The first kappa shape index (κ1) is 19.7. The number of H-pyrrole nitrogens is 1. The average molecular weight is 423 g/mol. The summed E-state index contributed by atoms with van der Waals surface area (Å²) >= 11 is 0. The highest BCUT2D eigenvalue weighted by molar-refractivity contribution is 5.79. The van der Waals surface area contributed by atoms with Crippen molar-refractivity contribution in [3.05, 3.63) is 107 Å². The second kappa shape index (κ2) is 8.47. The first-order valence-electron chi connectivity index (χ1n) is 10.4. The molecular formula is C25H21N5O2. The quantitative estimate of drug-likeness (QED) is 0.438. The molecule has 5 rings (SSSR count). The first-order valence-corrected chi connectivity index (χ1v) is 10.4. The maximum Gasteiger partial charge on any atom is 0.261 e. The van der Waals surface area contributed by atoms with Crippen LogP contribution in [0.15, 0.2) is 90.0 Å². The van der Waals surface area contributed by atoms with Gasteiger partial charge < -0.3 is 10.3 Å². The van der Waals surface area contributed by atoms with Crippen molar-refractivity contribution in [1.82, 2.24) is 24.8 Å². The van der Waals surface area contributed by atoms with Crippen molar-refractivity contribution in [3.63, 3.8) is 0 Å². The van der Waals surface area contributed by atoms with Crippen LogP contribution in [0.25, 0.3) is 21.9 Å². The van der Waals surface area contributed by atoms with Crippen LogP contribution in [0.3, 0.4) is 0 Å². The SMILES string of the molecule is O=C(Cn1cnc2ccccc2c1=O)N[C@@H](Cc1ccccc1)c1nc2ccccc2[nH]1. The fraction of sp³-hybridized carbons (Fsp3) is 0.120. The minimum absolute atomic E-state index is 0.123. The van der Waals surface area contributed by atoms with E-state index in [1.165, 1.54) is 10.9 Å². The zero-order chi connectivity index (χ0) is 21.9. The van der Waals surface area contributed by atoms with Crippen LogP contribution in [-0.4, -0.2) is 25.4 Å². The Morgan fingerprint density at radius 3 is 2.47 bits per heavy atom. The highest BCUT2D eigenvalue weighted by Crippen LogP contribution is 2.20. The summed E-state index contributed by atoms with van der Waals surface area (Å²) in [6.45, 7) is -0.123. The van der Waals surface area contributed by atoms with E-state index in [2.05, 4.69) is 20.3 Å². The Balaban J connectivity index is 1.42. The van der Waals surface area contributed by atoms with Crippen LogP contribution in [0, 0.1) is 0 Å². The van der Waals surface area contributed by atoms with E-state index >= 15 is 0 Å². The molecule has 0 aliphatic carbocycles. The Morgan fingerprint density at radius 1 is 0.938 bits per heavy atom. The lowest BCUT2D eigenvalue weighted by Crippen LogP contribution is -2.36. The van der Waals surface area contributed by atoms with E-state index in [1.807, 2.05) is 60.7 Å². The third kappa shape index (κ3) is 4.00. The van der Waals surface area contributed by atoms with Gasteiger partial charge in [-0.1, -0.05) is 54.6 Å². The second-order valence-electron chi connectivity index (χ2n) is 7.64. The van der Waals surface area contributed by atoms with Crippen LogP contribution in [0.5, 0.6) is 0 Å². The van der Waals surface area contributed by atoms with Gasteiger partial charge in [0.1, 0.15) is 12.4 Å². The zero-order valence-corrected chi connectivity index (χ0v) is 17.2. The third-order valence-corrected chi connectivity index (χ3v) is 5.40. The summed E-state index contributed by atoms with van der Waals surface area (Å²) in [7, 11) is 0. The number of hydrogen-bond acceptors (Lipinski definition) is 4. The third-order valence-electron chi connectivity index (χ3n) is 5.40. The highest BCUT2D eigenvalue weighted by atomic mass is 16.2. The number of rotatable bonds is 6. The van der Waals surface area contributed by atoms with Crippen molar-refractivity contribution in [2.24, 2.45) is 0 Å². The molecule has 0 bridgehead atoms. The van der Waals surface area contributed by atoms with Crippen LogP contribution in [0.2, 0.25) is 0 Å². The summed E-state index contributed by atoms with van der Waals surface area (Å²) in [6.07, 6.45) is 1.98. The Morgan fingerprint density at radius 2 is 1.66 bits per heavy atom. The number of carbonyl (C=O) groups excluding carboxylic acids is 1. The number of aromatic amines is 1. The van der Waals surface area contributed by atoms with Gasteiger partial charge in [0.2, 0.25) is 5.91 Å². The smallest absolute Gasteiger partial charge is 0.261 e. The van der Waals surface area contributed by atoms with Crippen molar-refractivity contribution >= 4 is 27.8 Å². The van der Waals surface area contributed by atoms with Gasteiger partial charge in [0.05, 0.1) is 34.3 Å². The minimum Gasteiger partial charge on any atom is -0.344 e. The van der Waals surface area contributed by atoms with Crippen LogP contribution in [0.4, 0.5) is 0 Å². The maximum atomic E-state index is 12.9. The number of amides is 1. The van der Waals surface area contributed by atoms with Crippen molar-refractivity contribution in [2.75, 3.05) is 0 Å². The number of para-hydroxylation sites is 3. The van der Waals surface area contributed by atoms with Crippen LogP contribution in [0.1, 0.15) is 17.4 Å². The largest absolute Gasteiger partial charge is 0.344 e. The van der Waals surface area contributed by atoms with Crippen molar-refractivity contribution in [3.8, 4) is 0 Å². The lowest BCUT2D eigenvalue weighted by Gasteiger charge is -2.17. The van der Waals surface area contributed by atoms with E-state index in [9.17, 15) is 9.59 Å². The molecule has 0 saturated carbocycles.